The topological polar surface area (TPSA) is 18.5 Å². The molecule has 0 saturated heterocycles. The molecule has 0 aliphatic heterocycles. The highest BCUT2D eigenvalue weighted by molar-refractivity contribution is 6.51. The molecular weight excluding hydrogens is 323 g/mol. The van der Waals surface area contributed by atoms with E-state index >= 15 is 0 Å². The molecule has 0 aromatic rings. The minimum atomic E-state index is -1.10. The first-order chi connectivity index (χ1) is 12.3. The Kier molecular flexibility index (Phi) is 21.1. The number of unbranched alkanes of at least 4 members (excludes halogenated alkanes) is 9. The minimum Gasteiger partial charge on any atom is -0.478 e. The maximum absolute atomic E-state index is 6.57. The highest BCUT2D eigenvalue weighted by atomic mass is 27.2. The van der Waals surface area contributed by atoms with Crippen molar-refractivity contribution in [1.82, 2.24) is 0 Å². The SMILES string of the molecule is CCCCCCOC(CCC)[O][Al]([CH2]CCCCC)[CH2]CCCCC. The van der Waals surface area contributed by atoms with E-state index in [1.165, 1.54) is 87.6 Å². The zero-order chi connectivity index (χ0) is 18.6. The van der Waals surface area contributed by atoms with Gasteiger partial charge in [0.1, 0.15) is 6.29 Å². The van der Waals surface area contributed by atoms with Crippen molar-refractivity contribution in [3.63, 3.8) is 0 Å². The molecule has 3 heteroatoms. The average Bonchev–Trinajstić information content (AvgIpc) is 2.61. The first-order valence-electron chi connectivity index (χ1n) is 11.5. The molecule has 0 saturated carbocycles. The van der Waals surface area contributed by atoms with Gasteiger partial charge >= 0.3 is 14.5 Å². The lowest BCUT2D eigenvalue weighted by Crippen LogP contribution is -2.28. The molecule has 1 atom stereocenters. The van der Waals surface area contributed by atoms with Crippen LogP contribution in [0.5, 0.6) is 0 Å². The molecule has 1 unspecified atom stereocenters. The summed E-state index contributed by atoms with van der Waals surface area (Å²) in [6.07, 6.45) is 18.3. The quantitative estimate of drug-likeness (QED) is 0.123. The highest BCUT2D eigenvalue weighted by Crippen LogP contribution is 2.18. The van der Waals surface area contributed by atoms with Gasteiger partial charge in [-0.05, 0) is 12.8 Å². The van der Waals surface area contributed by atoms with E-state index in [9.17, 15) is 0 Å². The molecule has 0 heterocycles. The van der Waals surface area contributed by atoms with Crippen LogP contribution in [-0.4, -0.2) is 27.4 Å². The summed E-state index contributed by atoms with van der Waals surface area (Å²) in [5.74, 6) is 0. The summed E-state index contributed by atoms with van der Waals surface area (Å²) < 4.78 is 12.7. The van der Waals surface area contributed by atoms with Gasteiger partial charge in [-0.25, -0.2) is 0 Å². The molecule has 2 nitrogen and oxygen atoms in total. The van der Waals surface area contributed by atoms with Crippen molar-refractivity contribution >= 4 is 14.5 Å². The van der Waals surface area contributed by atoms with Crippen LogP contribution in [0.1, 0.15) is 118 Å². The van der Waals surface area contributed by atoms with Crippen LogP contribution in [0, 0.1) is 0 Å². The fraction of sp³-hybridized carbons (Fsp3) is 1.00. The van der Waals surface area contributed by atoms with Crippen molar-refractivity contribution in [3.8, 4) is 0 Å². The molecule has 0 rings (SSSR count). The van der Waals surface area contributed by atoms with Crippen LogP contribution in [0.15, 0.2) is 0 Å². The van der Waals surface area contributed by atoms with Crippen LogP contribution in [0.25, 0.3) is 0 Å². The van der Waals surface area contributed by atoms with Crippen molar-refractivity contribution in [3.05, 3.63) is 0 Å². The summed E-state index contributed by atoms with van der Waals surface area (Å²) in [6, 6.07) is 0. The van der Waals surface area contributed by atoms with E-state index < -0.39 is 14.5 Å². The second-order valence-electron chi connectivity index (χ2n) is 7.61. The standard InChI is InChI=1S/C10H21O2.2C6H13.Al/c1-3-5-6-7-9-12-10(11)8-4-2;2*1-3-5-6-4-2;/h10H,3-9H2,1-2H3;2*1,3-6H2,2H3;/q-1;;;+1. The molecule has 0 N–H and O–H groups in total. The van der Waals surface area contributed by atoms with Gasteiger partial charge in [0, 0.05) is 6.61 Å². The summed E-state index contributed by atoms with van der Waals surface area (Å²) in [4.78, 5) is 0. The van der Waals surface area contributed by atoms with E-state index in [4.69, 9.17) is 8.53 Å². The van der Waals surface area contributed by atoms with Gasteiger partial charge in [-0.3, -0.25) is 0 Å². The maximum Gasteiger partial charge on any atom is 0.462 e. The fourth-order valence-corrected chi connectivity index (χ4v) is 5.96. The monoisotopic (exact) mass is 370 g/mol. The molecule has 0 spiro atoms. The first-order valence-corrected chi connectivity index (χ1v) is 13.7. The molecule has 0 fully saturated rings. The van der Waals surface area contributed by atoms with E-state index in [0.29, 0.717) is 0 Å². The number of hydrogen-bond donors (Lipinski definition) is 0. The second kappa shape index (κ2) is 20.8. The normalized spacial score (nSPS) is 12.5. The van der Waals surface area contributed by atoms with Crippen molar-refractivity contribution in [2.24, 2.45) is 0 Å². The van der Waals surface area contributed by atoms with Crippen LogP contribution in [-0.2, 0) is 8.53 Å². The fourth-order valence-electron chi connectivity index (χ4n) is 3.26. The Morgan fingerprint density at radius 1 is 0.600 bits per heavy atom. The minimum absolute atomic E-state index is 0.0839. The van der Waals surface area contributed by atoms with Gasteiger partial charge < -0.3 is 8.53 Å². The smallest absolute Gasteiger partial charge is 0.462 e. The Labute approximate surface area is 164 Å². The summed E-state index contributed by atoms with van der Waals surface area (Å²) in [5.41, 5.74) is 0. The summed E-state index contributed by atoms with van der Waals surface area (Å²) >= 11 is -1.10. The Hall–Kier alpha value is 0.452. The Balaban J connectivity index is 4.22. The number of hydrogen-bond acceptors (Lipinski definition) is 2. The second-order valence-corrected chi connectivity index (χ2v) is 10.3. The lowest BCUT2D eigenvalue weighted by molar-refractivity contribution is -0.0889. The van der Waals surface area contributed by atoms with Crippen LogP contribution < -0.4 is 0 Å². The summed E-state index contributed by atoms with van der Waals surface area (Å²) in [6.45, 7) is 9.98. The lowest BCUT2D eigenvalue weighted by atomic mass is 10.2. The Morgan fingerprint density at radius 3 is 1.60 bits per heavy atom. The third-order valence-electron chi connectivity index (χ3n) is 4.93. The molecular formula is C22H47AlO2. The molecule has 0 amide bonds. The molecule has 150 valence electrons. The van der Waals surface area contributed by atoms with Crippen molar-refractivity contribution in [2.45, 2.75) is 134 Å². The van der Waals surface area contributed by atoms with Crippen LogP contribution in [0.2, 0.25) is 10.6 Å². The van der Waals surface area contributed by atoms with Gasteiger partial charge in [-0.15, -0.1) is 0 Å². The highest BCUT2D eigenvalue weighted by Gasteiger charge is 2.24. The maximum atomic E-state index is 6.57. The van der Waals surface area contributed by atoms with Crippen molar-refractivity contribution in [1.29, 1.82) is 0 Å². The summed E-state index contributed by atoms with van der Waals surface area (Å²) in [5, 5.41) is 2.71. The predicted octanol–water partition coefficient (Wildman–Crippen LogP) is 7.88. The zero-order valence-corrected chi connectivity index (χ0v) is 19.1. The van der Waals surface area contributed by atoms with Crippen molar-refractivity contribution < 1.29 is 8.53 Å². The van der Waals surface area contributed by atoms with Gasteiger partial charge in [-0.2, -0.15) is 0 Å². The summed E-state index contributed by atoms with van der Waals surface area (Å²) in [7, 11) is 0. The lowest BCUT2D eigenvalue weighted by Gasteiger charge is -2.23. The van der Waals surface area contributed by atoms with Gasteiger partial charge in [-0.1, -0.05) is 115 Å². The Morgan fingerprint density at radius 2 is 1.12 bits per heavy atom. The van der Waals surface area contributed by atoms with E-state index in [1.54, 1.807) is 0 Å². The largest absolute Gasteiger partial charge is 0.478 e. The van der Waals surface area contributed by atoms with Crippen LogP contribution >= 0.6 is 0 Å². The van der Waals surface area contributed by atoms with E-state index in [2.05, 4.69) is 27.7 Å². The average molecular weight is 371 g/mol. The van der Waals surface area contributed by atoms with Crippen LogP contribution in [0.4, 0.5) is 0 Å². The van der Waals surface area contributed by atoms with Crippen molar-refractivity contribution in [2.75, 3.05) is 6.61 Å². The molecule has 0 aliphatic rings. The Bertz CT molecular complexity index is 236. The number of rotatable bonds is 20. The van der Waals surface area contributed by atoms with Gasteiger partial charge in [0.2, 0.25) is 0 Å². The molecule has 0 bridgehead atoms. The molecule has 25 heavy (non-hydrogen) atoms. The molecule has 0 aromatic carbocycles. The van der Waals surface area contributed by atoms with E-state index in [1.807, 2.05) is 0 Å². The third kappa shape index (κ3) is 17.6. The molecule has 0 radical (unpaired) electrons. The van der Waals surface area contributed by atoms with Gasteiger partial charge in [0.15, 0.2) is 0 Å². The van der Waals surface area contributed by atoms with E-state index in [-0.39, 0.29) is 6.29 Å². The molecule has 0 aromatic heterocycles. The molecule has 0 aliphatic carbocycles. The third-order valence-corrected chi connectivity index (χ3v) is 7.72. The van der Waals surface area contributed by atoms with Gasteiger partial charge in [0.05, 0.1) is 0 Å². The van der Waals surface area contributed by atoms with Crippen LogP contribution in [0.3, 0.4) is 0 Å². The van der Waals surface area contributed by atoms with E-state index in [0.717, 1.165) is 19.4 Å². The number of ether oxygens (including phenoxy) is 1. The zero-order valence-electron chi connectivity index (χ0n) is 18.0. The van der Waals surface area contributed by atoms with Gasteiger partial charge in [0.25, 0.3) is 0 Å². The first kappa shape index (κ1) is 25.5. The predicted molar refractivity (Wildman–Crippen MR) is 114 cm³/mol.